The molecular weight excluding hydrogens is 274 g/mol. The van der Waals surface area contributed by atoms with Crippen molar-refractivity contribution in [3.63, 3.8) is 0 Å². The second kappa shape index (κ2) is 6.93. The van der Waals surface area contributed by atoms with E-state index in [2.05, 4.69) is 9.97 Å². The van der Waals surface area contributed by atoms with Gasteiger partial charge < -0.3 is 15.2 Å². The average Bonchev–Trinajstić information content (AvgIpc) is 2.47. The van der Waals surface area contributed by atoms with Crippen molar-refractivity contribution >= 4 is 17.2 Å². The van der Waals surface area contributed by atoms with E-state index in [9.17, 15) is 0 Å². The Kier molecular flexibility index (Phi) is 4.97. The molecule has 6 heteroatoms. The summed E-state index contributed by atoms with van der Waals surface area (Å²) in [6, 6.07) is 7.68. The molecule has 0 atom stereocenters. The number of benzene rings is 1. The lowest BCUT2D eigenvalue weighted by Crippen LogP contribution is -2.13. The number of rotatable bonds is 6. The van der Waals surface area contributed by atoms with E-state index in [0.717, 1.165) is 6.42 Å². The van der Waals surface area contributed by atoms with E-state index in [0.29, 0.717) is 23.9 Å². The van der Waals surface area contributed by atoms with Crippen LogP contribution in [0.3, 0.4) is 0 Å². The fourth-order valence-electron chi connectivity index (χ4n) is 1.62. The lowest BCUT2D eigenvalue weighted by molar-refractivity contribution is 0.202. The normalized spacial score (nSPS) is 10.2. The topological polar surface area (TPSA) is 70.3 Å². The highest BCUT2D eigenvalue weighted by Gasteiger charge is 2.10. The molecule has 0 radical (unpaired) electrons. The first-order chi connectivity index (χ1) is 9.70. The standard InChI is InChI=1S/C14H15N3O2S/c1-18-9-6-10-2-4-11(5-3-10)19-14-12(13(15)20)16-7-8-17-14/h2-5,7-8H,6,9H2,1H3,(H2,15,20). The molecule has 0 saturated carbocycles. The summed E-state index contributed by atoms with van der Waals surface area (Å²) < 4.78 is 10.7. The molecule has 20 heavy (non-hydrogen) atoms. The first kappa shape index (κ1) is 14.4. The maximum Gasteiger partial charge on any atom is 0.248 e. The molecule has 0 unspecified atom stereocenters. The highest BCUT2D eigenvalue weighted by Crippen LogP contribution is 2.22. The Hall–Kier alpha value is -2.05. The number of aromatic nitrogens is 2. The zero-order chi connectivity index (χ0) is 14.4. The molecule has 2 rings (SSSR count). The number of methoxy groups -OCH3 is 1. The zero-order valence-electron chi connectivity index (χ0n) is 11.1. The minimum atomic E-state index is 0.157. The Bertz CT molecular complexity index is 587. The molecule has 0 saturated heterocycles. The Morgan fingerprint density at radius 3 is 2.55 bits per heavy atom. The summed E-state index contributed by atoms with van der Waals surface area (Å²) in [6.07, 6.45) is 3.92. The number of thiocarbonyl (C=S) groups is 1. The van der Waals surface area contributed by atoms with Crippen LogP contribution in [0.2, 0.25) is 0 Å². The smallest absolute Gasteiger partial charge is 0.248 e. The molecule has 2 aromatic rings. The Morgan fingerprint density at radius 2 is 1.90 bits per heavy atom. The van der Waals surface area contributed by atoms with Crippen LogP contribution in [0.4, 0.5) is 0 Å². The number of ether oxygens (including phenoxy) is 2. The molecule has 2 N–H and O–H groups in total. The molecule has 0 amide bonds. The first-order valence-corrected chi connectivity index (χ1v) is 6.48. The van der Waals surface area contributed by atoms with Gasteiger partial charge in [0.05, 0.1) is 6.61 Å². The van der Waals surface area contributed by atoms with E-state index in [4.69, 9.17) is 27.4 Å². The maximum atomic E-state index is 5.66. The predicted octanol–water partition coefficient (Wildman–Crippen LogP) is 2.09. The van der Waals surface area contributed by atoms with E-state index in [-0.39, 0.29) is 4.99 Å². The number of nitrogens with two attached hydrogens (primary N) is 1. The molecule has 1 aromatic heterocycles. The van der Waals surface area contributed by atoms with Crippen molar-refractivity contribution in [2.45, 2.75) is 6.42 Å². The molecule has 0 bridgehead atoms. The summed E-state index contributed by atoms with van der Waals surface area (Å²) in [5, 5.41) is 0. The molecule has 1 aromatic carbocycles. The van der Waals surface area contributed by atoms with Crippen LogP contribution in [0.15, 0.2) is 36.7 Å². The summed E-state index contributed by atoms with van der Waals surface area (Å²) in [7, 11) is 1.68. The van der Waals surface area contributed by atoms with Gasteiger partial charge in [0.2, 0.25) is 5.88 Å². The summed E-state index contributed by atoms with van der Waals surface area (Å²) in [5.41, 5.74) is 7.14. The summed E-state index contributed by atoms with van der Waals surface area (Å²) in [6.45, 7) is 0.690. The third-order valence-corrected chi connectivity index (χ3v) is 2.82. The van der Waals surface area contributed by atoms with Crippen LogP contribution in [0, 0.1) is 0 Å². The summed E-state index contributed by atoms with van der Waals surface area (Å²) in [5.74, 6) is 0.966. The zero-order valence-corrected chi connectivity index (χ0v) is 11.9. The fourth-order valence-corrected chi connectivity index (χ4v) is 1.76. The van der Waals surface area contributed by atoms with Crippen LogP contribution in [0.1, 0.15) is 11.3 Å². The van der Waals surface area contributed by atoms with Crippen LogP contribution in [-0.4, -0.2) is 28.7 Å². The van der Waals surface area contributed by atoms with Gasteiger partial charge in [0.15, 0.2) is 5.69 Å². The van der Waals surface area contributed by atoms with Gasteiger partial charge in [0, 0.05) is 19.5 Å². The second-order valence-corrected chi connectivity index (χ2v) is 4.50. The Balaban J connectivity index is 2.12. The third-order valence-electron chi connectivity index (χ3n) is 2.63. The molecule has 0 aliphatic rings. The van der Waals surface area contributed by atoms with E-state index < -0.39 is 0 Å². The van der Waals surface area contributed by atoms with E-state index in [1.165, 1.54) is 18.0 Å². The van der Waals surface area contributed by atoms with Crippen molar-refractivity contribution in [2.75, 3.05) is 13.7 Å². The number of hydrogen-bond donors (Lipinski definition) is 1. The lowest BCUT2D eigenvalue weighted by atomic mass is 10.1. The molecular formula is C14H15N3O2S. The van der Waals surface area contributed by atoms with E-state index in [1.807, 2.05) is 24.3 Å². The fraction of sp³-hybridized carbons (Fsp3) is 0.214. The van der Waals surface area contributed by atoms with Gasteiger partial charge in [0.1, 0.15) is 10.7 Å². The van der Waals surface area contributed by atoms with Crippen molar-refractivity contribution in [1.29, 1.82) is 0 Å². The molecule has 0 aliphatic heterocycles. The average molecular weight is 289 g/mol. The number of nitrogens with zero attached hydrogens (tertiary/aromatic N) is 2. The van der Waals surface area contributed by atoms with Gasteiger partial charge in [-0.25, -0.2) is 9.97 Å². The molecule has 104 valence electrons. The van der Waals surface area contributed by atoms with Crippen molar-refractivity contribution in [3.8, 4) is 11.6 Å². The van der Waals surface area contributed by atoms with Gasteiger partial charge in [-0.15, -0.1) is 0 Å². The van der Waals surface area contributed by atoms with Crippen LogP contribution in [0.5, 0.6) is 11.6 Å². The quantitative estimate of drug-likeness (QED) is 0.821. The lowest BCUT2D eigenvalue weighted by Gasteiger charge is -2.08. The van der Waals surface area contributed by atoms with Crippen molar-refractivity contribution in [1.82, 2.24) is 9.97 Å². The highest BCUT2D eigenvalue weighted by molar-refractivity contribution is 7.80. The van der Waals surface area contributed by atoms with E-state index >= 15 is 0 Å². The molecule has 0 spiro atoms. The molecule has 5 nitrogen and oxygen atoms in total. The van der Waals surface area contributed by atoms with E-state index in [1.54, 1.807) is 7.11 Å². The SMILES string of the molecule is COCCc1ccc(Oc2nccnc2C(N)=S)cc1. The van der Waals surface area contributed by atoms with Crippen molar-refractivity contribution in [3.05, 3.63) is 47.9 Å². The van der Waals surface area contributed by atoms with Crippen LogP contribution in [-0.2, 0) is 11.2 Å². The summed E-state index contributed by atoms with van der Waals surface area (Å²) in [4.78, 5) is 8.31. The largest absolute Gasteiger partial charge is 0.437 e. The Labute approximate surface area is 122 Å². The maximum absolute atomic E-state index is 5.66. The van der Waals surface area contributed by atoms with Gasteiger partial charge in [-0.3, -0.25) is 0 Å². The van der Waals surface area contributed by atoms with Crippen LogP contribution >= 0.6 is 12.2 Å². The van der Waals surface area contributed by atoms with Gasteiger partial charge in [-0.2, -0.15) is 0 Å². The molecule has 0 fully saturated rings. The van der Waals surface area contributed by atoms with Crippen molar-refractivity contribution in [2.24, 2.45) is 5.73 Å². The van der Waals surface area contributed by atoms with Crippen molar-refractivity contribution < 1.29 is 9.47 Å². The summed E-state index contributed by atoms with van der Waals surface area (Å²) >= 11 is 4.92. The third kappa shape index (κ3) is 3.72. The minimum absolute atomic E-state index is 0.157. The van der Waals surface area contributed by atoms with Gasteiger partial charge in [-0.05, 0) is 24.1 Å². The minimum Gasteiger partial charge on any atom is -0.437 e. The molecule has 0 aliphatic carbocycles. The molecule has 1 heterocycles. The predicted molar refractivity (Wildman–Crippen MR) is 80.0 cm³/mol. The van der Waals surface area contributed by atoms with Gasteiger partial charge >= 0.3 is 0 Å². The monoisotopic (exact) mass is 289 g/mol. The van der Waals surface area contributed by atoms with Gasteiger partial charge in [0.25, 0.3) is 0 Å². The second-order valence-electron chi connectivity index (χ2n) is 4.06. The van der Waals surface area contributed by atoms with Gasteiger partial charge in [-0.1, -0.05) is 24.4 Å². The number of hydrogen-bond acceptors (Lipinski definition) is 5. The van der Waals surface area contributed by atoms with Crippen LogP contribution in [0.25, 0.3) is 0 Å². The first-order valence-electron chi connectivity index (χ1n) is 6.07. The van der Waals surface area contributed by atoms with Crippen LogP contribution < -0.4 is 10.5 Å². The highest BCUT2D eigenvalue weighted by atomic mass is 32.1. The Morgan fingerprint density at radius 1 is 1.20 bits per heavy atom.